The third-order valence-electron chi connectivity index (χ3n) is 4.59. The summed E-state index contributed by atoms with van der Waals surface area (Å²) < 4.78 is 11.8. The molecule has 0 aliphatic rings. The molecule has 2 aromatic carbocycles. The maximum Gasteiger partial charge on any atom is 0.344 e. The van der Waals surface area contributed by atoms with Crippen LogP contribution >= 0.6 is 0 Å². The van der Waals surface area contributed by atoms with E-state index in [0.29, 0.717) is 11.4 Å². The summed E-state index contributed by atoms with van der Waals surface area (Å²) in [5.74, 6) is -0.543. The quantitative estimate of drug-likeness (QED) is 0.572. The van der Waals surface area contributed by atoms with Crippen molar-refractivity contribution in [2.24, 2.45) is 0 Å². The third kappa shape index (κ3) is 5.73. The second-order valence-electron chi connectivity index (χ2n) is 8.04. The average molecular weight is 432 g/mol. The number of hydrogen-bond donors (Lipinski definition) is 1. The number of nitriles is 1. The number of nitrogens with zero attached hydrogens (tertiary/aromatic N) is 3. The Bertz CT molecular complexity index is 1120. The molecule has 32 heavy (non-hydrogen) atoms. The minimum Gasteiger partial charge on any atom is -0.482 e. The number of esters is 1. The minimum atomic E-state index is -0.683. The molecule has 0 saturated heterocycles. The van der Waals surface area contributed by atoms with Crippen LogP contribution in [0.3, 0.4) is 0 Å². The average Bonchev–Trinajstić information content (AvgIpc) is 3.19. The van der Waals surface area contributed by atoms with Gasteiger partial charge in [0, 0.05) is 0 Å². The zero-order valence-electron chi connectivity index (χ0n) is 18.2. The molecular formula is C24H24N4O4. The van der Waals surface area contributed by atoms with Crippen molar-refractivity contribution in [2.45, 2.75) is 26.2 Å². The van der Waals surface area contributed by atoms with Gasteiger partial charge in [0.25, 0.3) is 5.91 Å². The van der Waals surface area contributed by atoms with Gasteiger partial charge >= 0.3 is 5.97 Å². The van der Waals surface area contributed by atoms with Gasteiger partial charge in [-0.3, -0.25) is 4.79 Å². The second-order valence-corrected chi connectivity index (χ2v) is 8.04. The number of ether oxygens (including phenoxy) is 2. The van der Waals surface area contributed by atoms with Crippen LogP contribution in [-0.4, -0.2) is 34.9 Å². The van der Waals surface area contributed by atoms with Crippen molar-refractivity contribution in [1.29, 1.82) is 5.26 Å². The Kier molecular flexibility index (Phi) is 6.90. The lowest BCUT2D eigenvalue weighted by atomic mass is 9.87. The van der Waals surface area contributed by atoms with Gasteiger partial charge in [-0.05, 0) is 35.2 Å². The zero-order chi connectivity index (χ0) is 23.1. The van der Waals surface area contributed by atoms with Crippen LogP contribution in [0.15, 0.2) is 60.8 Å². The van der Waals surface area contributed by atoms with E-state index >= 15 is 0 Å². The molecule has 1 amide bonds. The highest BCUT2D eigenvalue weighted by Gasteiger charge is 2.17. The van der Waals surface area contributed by atoms with Gasteiger partial charge in [-0.25, -0.2) is 9.48 Å². The van der Waals surface area contributed by atoms with Crippen LogP contribution in [-0.2, 0) is 19.7 Å². The predicted octanol–water partition coefficient (Wildman–Crippen LogP) is 3.60. The SMILES string of the molecule is CC(C)(C)c1ccc(OCC(=O)OCC(=O)Nc2c(C#N)cnn2-c2ccccc2)cc1. The van der Waals surface area contributed by atoms with Crippen molar-refractivity contribution in [2.75, 3.05) is 18.5 Å². The Morgan fingerprint density at radius 2 is 1.75 bits per heavy atom. The number of rotatable bonds is 7. The summed E-state index contributed by atoms with van der Waals surface area (Å²) >= 11 is 0. The molecule has 0 saturated carbocycles. The molecular weight excluding hydrogens is 408 g/mol. The van der Waals surface area contributed by atoms with Gasteiger partial charge in [-0.15, -0.1) is 0 Å². The van der Waals surface area contributed by atoms with Gasteiger partial charge in [-0.1, -0.05) is 51.1 Å². The molecule has 164 valence electrons. The number of anilines is 1. The summed E-state index contributed by atoms with van der Waals surface area (Å²) in [6.45, 7) is 5.48. The maximum atomic E-state index is 12.3. The molecule has 8 nitrogen and oxygen atoms in total. The van der Waals surface area contributed by atoms with Crippen molar-refractivity contribution >= 4 is 17.7 Å². The lowest BCUT2D eigenvalue weighted by molar-refractivity contribution is -0.149. The van der Waals surface area contributed by atoms with Crippen molar-refractivity contribution in [1.82, 2.24) is 9.78 Å². The lowest BCUT2D eigenvalue weighted by Crippen LogP contribution is -2.25. The molecule has 0 radical (unpaired) electrons. The fourth-order valence-electron chi connectivity index (χ4n) is 2.86. The number of carbonyl (C=O) groups excluding carboxylic acids is 2. The van der Waals surface area contributed by atoms with Crippen LogP contribution in [0.4, 0.5) is 5.82 Å². The lowest BCUT2D eigenvalue weighted by Gasteiger charge is -2.19. The summed E-state index contributed by atoms with van der Waals surface area (Å²) in [6.07, 6.45) is 1.35. The van der Waals surface area contributed by atoms with E-state index in [0.717, 1.165) is 5.56 Å². The van der Waals surface area contributed by atoms with Gasteiger partial charge in [0.15, 0.2) is 19.0 Å². The number of aromatic nitrogens is 2. The highest BCUT2D eigenvalue weighted by molar-refractivity contribution is 5.93. The first-order chi connectivity index (χ1) is 15.3. The van der Waals surface area contributed by atoms with E-state index in [1.807, 2.05) is 36.4 Å². The first kappa shape index (κ1) is 22.6. The number of carbonyl (C=O) groups is 2. The summed E-state index contributed by atoms with van der Waals surface area (Å²) in [6, 6.07) is 18.5. The maximum absolute atomic E-state index is 12.3. The molecule has 0 bridgehead atoms. The first-order valence-corrected chi connectivity index (χ1v) is 10.0. The van der Waals surface area contributed by atoms with Gasteiger partial charge < -0.3 is 14.8 Å². The molecule has 8 heteroatoms. The number of benzene rings is 2. The van der Waals surface area contributed by atoms with Crippen LogP contribution in [0.25, 0.3) is 5.69 Å². The van der Waals surface area contributed by atoms with E-state index < -0.39 is 18.5 Å². The highest BCUT2D eigenvalue weighted by Crippen LogP contribution is 2.24. The van der Waals surface area contributed by atoms with Gasteiger partial charge in [0.05, 0.1) is 11.9 Å². The van der Waals surface area contributed by atoms with E-state index in [4.69, 9.17) is 9.47 Å². The van der Waals surface area contributed by atoms with Gasteiger partial charge in [0.1, 0.15) is 17.4 Å². The molecule has 0 unspecified atom stereocenters. The smallest absolute Gasteiger partial charge is 0.344 e. The van der Waals surface area contributed by atoms with Crippen LogP contribution in [0.5, 0.6) is 5.75 Å². The third-order valence-corrected chi connectivity index (χ3v) is 4.59. The second kappa shape index (κ2) is 9.79. The summed E-state index contributed by atoms with van der Waals surface area (Å²) in [7, 11) is 0. The Labute approximate surface area is 186 Å². The predicted molar refractivity (Wildman–Crippen MR) is 119 cm³/mol. The standard InChI is InChI=1S/C24H24N4O4/c1-24(2,3)18-9-11-20(12-10-18)31-16-22(30)32-15-21(29)27-23-17(13-25)14-26-28(23)19-7-5-4-6-8-19/h4-12,14H,15-16H2,1-3H3,(H,27,29). The molecule has 0 spiro atoms. The van der Waals surface area contributed by atoms with Gasteiger partial charge in [-0.2, -0.15) is 10.4 Å². The number of para-hydroxylation sites is 1. The monoisotopic (exact) mass is 432 g/mol. The van der Waals surface area contributed by atoms with E-state index in [9.17, 15) is 14.9 Å². The Hall–Kier alpha value is -4.12. The van der Waals surface area contributed by atoms with Crippen molar-refractivity contribution in [3.8, 4) is 17.5 Å². The van der Waals surface area contributed by atoms with Crippen molar-refractivity contribution < 1.29 is 19.1 Å². The van der Waals surface area contributed by atoms with Gasteiger partial charge in [0.2, 0.25) is 0 Å². The Morgan fingerprint density at radius 1 is 1.06 bits per heavy atom. The zero-order valence-corrected chi connectivity index (χ0v) is 18.2. The summed E-state index contributed by atoms with van der Waals surface area (Å²) in [5, 5.41) is 16.0. The minimum absolute atomic E-state index is 0.0200. The van der Waals surface area contributed by atoms with E-state index in [1.54, 1.807) is 24.3 Å². The first-order valence-electron chi connectivity index (χ1n) is 10.0. The fraction of sp³-hybridized carbons (Fsp3) is 0.250. The molecule has 1 heterocycles. The molecule has 3 rings (SSSR count). The Balaban J connectivity index is 1.53. The van der Waals surface area contributed by atoms with E-state index in [2.05, 4.69) is 31.2 Å². The normalized spacial score (nSPS) is 10.8. The molecule has 1 aromatic heterocycles. The fourth-order valence-corrected chi connectivity index (χ4v) is 2.86. The molecule has 0 fully saturated rings. The number of nitrogens with one attached hydrogen (secondary N) is 1. The van der Waals surface area contributed by atoms with Crippen LogP contribution in [0.2, 0.25) is 0 Å². The molecule has 0 aliphatic carbocycles. The van der Waals surface area contributed by atoms with Crippen LogP contribution in [0, 0.1) is 11.3 Å². The Morgan fingerprint density at radius 3 is 2.38 bits per heavy atom. The van der Waals surface area contributed by atoms with Crippen LogP contribution < -0.4 is 10.1 Å². The molecule has 3 aromatic rings. The molecule has 0 aliphatic heterocycles. The van der Waals surface area contributed by atoms with Crippen molar-refractivity contribution in [3.05, 3.63) is 71.9 Å². The molecule has 0 atom stereocenters. The van der Waals surface area contributed by atoms with E-state index in [1.165, 1.54) is 10.9 Å². The van der Waals surface area contributed by atoms with E-state index in [-0.39, 0.29) is 23.4 Å². The van der Waals surface area contributed by atoms with Crippen LogP contribution in [0.1, 0.15) is 31.9 Å². The number of amides is 1. The molecule has 1 N–H and O–H groups in total. The summed E-state index contributed by atoms with van der Waals surface area (Å²) in [4.78, 5) is 24.3. The largest absolute Gasteiger partial charge is 0.482 e. The number of hydrogen-bond acceptors (Lipinski definition) is 6. The van der Waals surface area contributed by atoms with Crippen molar-refractivity contribution in [3.63, 3.8) is 0 Å². The summed E-state index contributed by atoms with van der Waals surface area (Å²) in [5.41, 5.74) is 2.03. The topological polar surface area (TPSA) is 106 Å². The highest BCUT2D eigenvalue weighted by atomic mass is 16.6.